The Morgan fingerprint density at radius 3 is 2.45 bits per heavy atom. The van der Waals surface area contributed by atoms with Crippen molar-refractivity contribution in [2.24, 2.45) is 0 Å². The SMILES string of the molecule is Cc1nonc1CNC1CCN(c2ccc(C(=O)N[C@H](C)c3ccccc3)cc2)CC1. The second kappa shape index (κ2) is 9.75. The van der Waals surface area contributed by atoms with Gasteiger partial charge in [-0.1, -0.05) is 40.6 Å². The van der Waals surface area contributed by atoms with Crippen molar-refractivity contribution in [2.45, 2.75) is 45.3 Å². The van der Waals surface area contributed by atoms with Crippen molar-refractivity contribution in [3.8, 4) is 0 Å². The van der Waals surface area contributed by atoms with E-state index in [0.29, 0.717) is 18.2 Å². The van der Waals surface area contributed by atoms with Gasteiger partial charge in [0.1, 0.15) is 11.4 Å². The molecule has 1 atom stereocenters. The zero-order valence-electron chi connectivity index (χ0n) is 18.0. The summed E-state index contributed by atoms with van der Waals surface area (Å²) in [5, 5.41) is 14.4. The Bertz CT molecular complexity index is 979. The van der Waals surface area contributed by atoms with Crippen LogP contribution in [0.1, 0.15) is 53.1 Å². The fourth-order valence-corrected chi connectivity index (χ4v) is 3.92. The number of aryl methyl sites for hydroxylation is 1. The molecular formula is C24H29N5O2. The molecule has 1 aromatic heterocycles. The van der Waals surface area contributed by atoms with E-state index in [0.717, 1.165) is 48.6 Å². The van der Waals surface area contributed by atoms with E-state index in [9.17, 15) is 4.79 Å². The van der Waals surface area contributed by atoms with E-state index < -0.39 is 0 Å². The third kappa shape index (κ3) is 5.30. The minimum atomic E-state index is -0.0524. The summed E-state index contributed by atoms with van der Waals surface area (Å²) in [6.45, 7) is 6.54. The van der Waals surface area contributed by atoms with Crippen molar-refractivity contribution in [3.05, 3.63) is 77.1 Å². The highest BCUT2D eigenvalue weighted by Crippen LogP contribution is 2.21. The van der Waals surface area contributed by atoms with Crippen LogP contribution in [0, 0.1) is 6.92 Å². The van der Waals surface area contributed by atoms with Crippen molar-refractivity contribution in [1.82, 2.24) is 20.9 Å². The first kappa shape index (κ1) is 21.1. The monoisotopic (exact) mass is 419 g/mol. The highest BCUT2D eigenvalue weighted by Gasteiger charge is 2.20. The van der Waals surface area contributed by atoms with Crippen LogP contribution in [0.3, 0.4) is 0 Å². The van der Waals surface area contributed by atoms with Crippen molar-refractivity contribution < 1.29 is 9.42 Å². The molecule has 0 saturated carbocycles. The lowest BCUT2D eigenvalue weighted by atomic mass is 10.0. The van der Waals surface area contributed by atoms with Gasteiger partial charge in [-0.25, -0.2) is 4.63 Å². The fourth-order valence-electron chi connectivity index (χ4n) is 3.92. The second-order valence-electron chi connectivity index (χ2n) is 8.09. The molecule has 31 heavy (non-hydrogen) atoms. The number of nitrogens with zero attached hydrogens (tertiary/aromatic N) is 3. The number of hydrogen-bond acceptors (Lipinski definition) is 6. The quantitative estimate of drug-likeness (QED) is 0.609. The predicted octanol–water partition coefficient (Wildman–Crippen LogP) is 3.63. The second-order valence-corrected chi connectivity index (χ2v) is 8.09. The molecule has 0 spiro atoms. The summed E-state index contributed by atoms with van der Waals surface area (Å²) in [4.78, 5) is 15.0. The molecule has 1 saturated heterocycles. The molecular weight excluding hydrogens is 390 g/mol. The molecule has 0 unspecified atom stereocenters. The molecule has 7 heteroatoms. The number of piperidine rings is 1. The van der Waals surface area contributed by atoms with Gasteiger partial charge in [-0.05, 0) is 56.5 Å². The van der Waals surface area contributed by atoms with E-state index in [4.69, 9.17) is 4.63 Å². The first-order valence-corrected chi connectivity index (χ1v) is 10.8. The van der Waals surface area contributed by atoms with Gasteiger partial charge in [-0.2, -0.15) is 0 Å². The van der Waals surface area contributed by atoms with E-state index in [2.05, 4.69) is 25.8 Å². The number of benzene rings is 2. The van der Waals surface area contributed by atoms with E-state index in [1.54, 1.807) is 0 Å². The molecule has 1 fully saturated rings. The molecule has 1 amide bonds. The highest BCUT2D eigenvalue weighted by molar-refractivity contribution is 5.94. The van der Waals surface area contributed by atoms with E-state index in [1.165, 1.54) is 0 Å². The third-order valence-corrected chi connectivity index (χ3v) is 5.94. The van der Waals surface area contributed by atoms with Crippen LogP contribution in [0.4, 0.5) is 5.69 Å². The van der Waals surface area contributed by atoms with Crippen molar-refractivity contribution in [2.75, 3.05) is 18.0 Å². The Balaban J connectivity index is 1.26. The summed E-state index contributed by atoms with van der Waals surface area (Å²) >= 11 is 0. The molecule has 162 valence electrons. The molecule has 0 aliphatic carbocycles. The van der Waals surface area contributed by atoms with Gasteiger partial charge in [0, 0.05) is 36.9 Å². The van der Waals surface area contributed by atoms with Gasteiger partial charge in [-0.3, -0.25) is 4.79 Å². The molecule has 2 N–H and O–H groups in total. The first-order chi connectivity index (χ1) is 15.1. The Hall–Kier alpha value is -3.19. The molecule has 7 nitrogen and oxygen atoms in total. The number of hydrogen-bond donors (Lipinski definition) is 2. The maximum Gasteiger partial charge on any atom is 0.251 e. The molecule has 0 radical (unpaired) electrons. The lowest BCUT2D eigenvalue weighted by Gasteiger charge is -2.34. The van der Waals surface area contributed by atoms with E-state index in [-0.39, 0.29) is 11.9 Å². The number of nitrogens with one attached hydrogen (secondary N) is 2. The first-order valence-electron chi connectivity index (χ1n) is 10.8. The predicted molar refractivity (Wildman–Crippen MR) is 120 cm³/mol. The van der Waals surface area contributed by atoms with Gasteiger partial charge in [-0.15, -0.1) is 0 Å². The summed E-state index contributed by atoms with van der Waals surface area (Å²) in [7, 11) is 0. The topological polar surface area (TPSA) is 83.3 Å². The van der Waals surface area contributed by atoms with Crippen LogP contribution in [0.15, 0.2) is 59.2 Å². The Kier molecular flexibility index (Phi) is 6.62. The van der Waals surface area contributed by atoms with Gasteiger partial charge in [0.25, 0.3) is 5.91 Å². The maximum atomic E-state index is 12.6. The van der Waals surface area contributed by atoms with Crippen LogP contribution in [0.25, 0.3) is 0 Å². The Morgan fingerprint density at radius 2 is 1.81 bits per heavy atom. The number of carbonyl (C=O) groups is 1. The van der Waals surface area contributed by atoms with Gasteiger partial charge in [0.05, 0.1) is 6.04 Å². The summed E-state index contributed by atoms with van der Waals surface area (Å²) < 4.78 is 4.75. The van der Waals surface area contributed by atoms with Crippen LogP contribution >= 0.6 is 0 Å². The van der Waals surface area contributed by atoms with Crippen molar-refractivity contribution in [3.63, 3.8) is 0 Å². The normalized spacial score (nSPS) is 15.6. The van der Waals surface area contributed by atoms with E-state index in [1.807, 2.05) is 68.4 Å². The van der Waals surface area contributed by atoms with Crippen molar-refractivity contribution in [1.29, 1.82) is 0 Å². The number of anilines is 1. The number of rotatable bonds is 7. The lowest BCUT2D eigenvalue weighted by Crippen LogP contribution is -2.42. The van der Waals surface area contributed by atoms with Gasteiger partial charge >= 0.3 is 0 Å². The van der Waals surface area contributed by atoms with Crippen LogP contribution in [0.5, 0.6) is 0 Å². The molecule has 0 bridgehead atoms. The van der Waals surface area contributed by atoms with Gasteiger partial charge < -0.3 is 15.5 Å². The largest absolute Gasteiger partial charge is 0.371 e. The standard InChI is InChI=1S/C24H29N5O2/c1-17(19-6-4-3-5-7-19)26-24(30)20-8-10-22(11-9-20)29-14-12-21(13-15-29)25-16-23-18(2)27-31-28-23/h3-11,17,21,25H,12-16H2,1-2H3,(H,26,30)/t17-/m1/s1. The average molecular weight is 420 g/mol. The zero-order valence-corrected chi connectivity index (χ0v) is 18.0. The summed E-state index contributed by atoms with van der Waals surface area (Å²) in [6.07, 6.45) is 2.11. The number of aromatic nitrogens is 2. The summed E-state index contributed by atoms with van der Waals surface area (Å²) in [5.41, 5.74) is 4.64. The lowest BCUT2D eigenvalue weighted by molar-refractivity contribution is 0.0940. The molecule has 2 aromatic carbocycles. The minimum Gasteiger partial charge on any atom is -0.371 e. The average Bonchev–Trinajstić information content (AvgIpc) is 3.23. The summed E-state index contributed by atoms with van der Waals surface area (Å²) in [5.74, 6) is -0.0524. The van der Waals surface area contributed by atoms with Gasteiger partial charge in [0.15, 0.2) is 0 Å². The van der Waals surface area contributed by atoms with Crippen molar-refractivity contribution >= 4 is 11.6 Å². The Labute approximate surface area is 182 Å². The number of carbonyl (C=O) groups excluding carboxylic acids is 1. The molecule has 3 aromatic rings. The molecule has 2 heterocycles. The number of amides is 1. The minimum absolute atomic E-state index is 0.0308. The summed E-state index contributed by atoms with van der Waals surface area (Å²) in [6, 6.07) is 18.3. The van der Waals surface area contributed by atoms with Crippen LogP contribution in [-0.4, -0.2) is 35.4 Å². The molecule has 4 rings (SSSR count). The zero-order chi connectivity index (χ0) is 21.6. The third-order valence-electron chi connectivity index (χ3n) is 5.94. The smallest absolute Gasteiger partial charge is 0.251 e. The van der Waals surface area contributed by atoms with Crippen LogP contribution < -0.4 is 15.5 Å². The Morgan fingerprint density at radius 1 is 1.10 bits per heavy atom. The highest BCUT2D eigenvalue weighted by atomic mass is 16.6. The fraction of sp³-hybridized carbons (Fsp3) is 0.375. The van der Waals surface area contributed by atoms with Crippen LogP contribution in [0.2, 0.25) is 0 Å². The van der Waals surface area contributed by atoms with Gasteiger partial charge in [0.2, 0.25) is 0 Å². The van der Waals surface area contributed by atoms with E-state index >= 15 is 0 Å². The molecule has 1 aliphatic rings. The molecule has 1 aliphatic heterocycles. The van der Waals surface area contributed by atoms with Crippen LogP contribution in [-0.2, 0) is 6.54 Å². The maximum absolute atomic E-state index is 12.6.